The second kappa shape index (κ2) is 33.7. The molecule has 0 aromatic heterocycles. The number of hydrogen-bond acceptors (Lipinski definition) is 5. The van der Waals surface area contributed by atoms with Crippen LogP contribution in [0.4, 0.5) is 0 Å². The van der Waals surface area contributed by atoms with Crippen molar-refractivity contribution < 1.29 is 0 Å². The molecular formula is C59H92N5P. The molecule has 4 unspecified atom stereocenters. The summed E-state index contributed by atoms with van der Waals surface area (Å²) in [6.07, 6.45) is 8.70. The summed E-state index contributed by atoms with van der Waals surface area (Å²) in [5.74, 6) is 0.849. The van der Waals surface area contributed by atoms with Gasteiger partial charge in [-0.15, -0.1) is 0 Å². The van der Waals surface area contributed by atoms with Gasteiger partial charge in [-0.05, 0) is 168 Å². The monoisotopic (exact) mass is 902 g/mol. The Kier molecular flexibility index (Phi) is 29.8. The molecule has 0 aliphatic rings. The van der Waals surface area contributed by atoms with Crippen molar-refractivity contribution in [3.8, 4) is 0 Å². The van der Waals surface area contributed by atoms with Crippen LogP contribution in [-0.4, -0.2) is 111 Å². The minimum Gasteiger partial charge on any atom is -0.307 e. The maximum atomic E-state index is 2.59. The maximum absolute atomic E-state index is 2.59. The summed E-state index contributed by atoms with van der Waals surface area (Å²) in [6, 6.07) is 56.7. The fourth-order valence-electron chi connectivity index (χ4n) is 7.29. The molecule has 65 heavy (non-hydrogen) atoms. The maximum Gasteiger partial charge on any atom is 0.0427 e. The van der Waals surface area contributed by atoms with Gasteiger partial charge in [0.15, 0.2) is 0 Å². The summed E-state index contributed by atoms with van der Waals surface area (Å²) in [5.41, 5.74) is 4.17. The van der Waals surface area contributed by atoms with E-state index in [0.29, 0.717) is 12.1 Å². The summed E-state index contributed by atoms with van der Waals surface area (Å²) < 4.78 is 2.59. The van der Waals surface area contributed by atoms with Gasteiger partial charge >= 0.3 is 0 Å². The molecule has 0 N–H and O–H groups in total. The summed E-state index contributed by atoms with van der Waals surface area (Å²) in [6.45, 7) is 19.5. The molecule has 358 valence electrons. The second-order valence-corrected chi connectivity index (χ2v) is 21.1. The summed E-state index contributed by atoms with van der Waals surface area (Å²) in [4.78, 5) is 9.33. The van der Waals surface area contributed by atoms with Gasteiger partial charge in [-0.1, -0.05) is 179 Å². The normalized spacial score (nSPS) is 13.2. The number of nitrogens with zero attached hydrogens (tertiary/aromatic N) is 5. The van der Waals surface area contributed by atoms with Crippen LogP contribution in [-0.2, 0) is 12.8 Å². The topological polar surface area (TPSA) is 16.2 Å². The van der Waals surface area contributed by atoms with Crippen LogP contribution in [0, 0.1) is 5.92 Å². The number of hydrogen-bond donors (Lipinski definition) is 0. The Morgan fingerprint density at radius 3 is 1.23 bits per heavy atom. The Labute approximate surface area is 402 Å². The molecule has 5 aromatic carbocycles. The molecular weight excluding hydrogens is 810 g/mol. The first kappa shape index (κ1) is 57.5. The van der Waals surface area contributed by atoms with Gasteiger partial charge in [0.05, 0.1) is 0 Å². The second-order valence-electron chi connectivity index (χ2n) is 18.8. The summed E-state index contributed by atoms with van der Waals surface area (Å²) in [5, 5.41) is 2.76. The Morgan fingerprint density at radius 2 is 0.815 bits per heavy atom. The number of aryl methyl sites for hydroxylation is 1. The first-order chi connectivity index (χ1) is 31.2. The highest BCUT2D eigenvalue weighted by atomic mass is 31.1. The van der Waals surface area contributed by atoms with E-state index < -0.39 is 8.07 Å². The Balaban J connectivity index is 0.000000337. The average molecular weight is 902 g/mol. The molecule has 4 atom stereocenters. The van der Waals surface area contributed by atoms with Gasteiger partial charge in [0.2, 0.25) is 0 Å². The lowest BCUT2D eigenvalue weighted by Crippen LogP contribution is -2.30. The van der Waals surface area contributed by atoms with E-state index in [-0.39, 0.29) is 0 Å². The third-order valence-corrected chi connectivity index (χ3v) is 15.2. The van der Waals surface area contributed by atoms with Crippen LogP contribution >= 0.6 is 8.07 Å². The van der Waals surface area contributed by atoms with E-state index in [2.05, 4.69) is 274 Å². The molecule has 0 amide bonds. The van der Waals surface area contributed by atoms with Gasteiger partial charge < -0.3 is 19.6 Å². The van der Waals surface area contributed by atoms with Crippen molar-refractivity contribution in [2.45, 2.75) is 118 Å². The zero-order valence-corrected chi connectivity index (χ0v) is 44.5. The van der Waals surface area contributed by atoms with Gasteiger partial charge in [-0.2, -0.15) is 0 Å². The van der Waals surface area contributed by atoms with Gasteiger partial charge in [0.25, 0.3) is 0 Å². The lowest BCUT2D eigenvalue weighted by Gasteiger charge is -2.36. The van der Waals surface area contributed by atoms with Crippen LogP contribution in [0.1, 0.15) is 103 Å². The first-order valence-electron chi connectivity index (χ1n) is 24.7. The summed E-state index contributed by atoms with van der Waals surface area (Å²) in [7, 11) is 14.5. The van der Waals surface area contributed by atoms with E-state index in [1.165, 1.54) is 85.5 Å². The average Bonchev–Trinajstić information content (AvgIpc) is 3.32. The fourth-order valence-corrected chi connectivity index (χ4v) is 9.72. The number of rotatable bonds is 22. The molecule has 0 fully saturated rings. The zero-order chi connectivity index (χ0) is 48.0. The summed E-state index contributed by atoms with van der Waals surface area (Å²) >= 11 is 0. The van der Waals surface area contributed by atoms with E-state index in [1.54, 1.807) is 0 Å². The number of likely N-dealkylation sites (N-methyl/N-ethyl adjacent to an activating group) is 1. The van der Waals surface area contributed by atoms with Gasteiger partial charge in [-0.3, -0.25) is 4.67 Å². The van der Waals surface area contributed by atoms with E-state index >= 15 is 0 Å². The van der Waals surface area contributed by atoms with Crippen molar-refractivity contribution in [2.75, 3.05) is 69.0 Å². The van der Waals surface area contributed by atoms with Crippen molar-refractivity contribution in [2.24, 2.45) is 5.92 Å². The predicted octanol–water partition coefficient (Wildman–Crippen LogP) is 13.0. The van der Waals surface area contributed by atoms with Crippen molar-refractivity contribution in [1.82, 2.24) is 24.3 Å². The molecule has 0 spiro atoms. The third kappa shape index (κ3) is 24.1. The predicted molar refractivity (Wildman–Crippen MR) is 291 cm³/mol. The Hall–Kier alpha value is -3.67. The molecule has 5 rings (SSSR count). The molecule has 0 saturated carbocycles. The molecule has 0 heterocycles. The molecule has 0 aliphatic heterocycles. The van der Waals surface area contributed by atoms with Crippen LogP contribution in [0.2, 0.25) is 0 Å². The van der Waals surface area contributed by atoms with Crippen LogP contribution in [0.5, 0.6) is 0 Å². The van der Waals surface area contributed by atoms with Crippen molar-refractivity contribution in [1.29, 1.82) is 0 Å². The van der Waals surface area contributed by atoms with E-state index in [9.17, 15) is 0 Å². The van der Waals surface area contributed by atoms with E-state index in [1.807, 2.05) is 0 Å². The molecule has 0 radical (unpaired) electrons. The highest BCUT2D eigenvalue weighted by Gasteiger charge is 2.27. The standard InChI is InChI=1S/C27H26NP.C12H19N.C11H26N2.C9H21N/c1-28(29(25-18-10-4-11-19-25)26-20-12-5-13-21-26)27(24-16-8-3-9-17-24)22-23-14-6-2-7-15-23;1-11(13(2)3)9-10-12-7-5-4-6-8-12;1-6-13(7-2)10-8-9-11(3)12(4)5;1-8(2)6-7-9(3)10(4)5/h2-21,27H,22H2,1H3;4-8,11H,9-10H2,1-3H3;11H,6-10H2,1-5H3;8-9H,6-7H2,1-5H3. The molecule has 0 saturated heterocycles. The Bertz CT molecular complexity index is 1780. The number of benzene rings is 5. The van der Waals surface area contributed by atoms with Crippen molar-refractivity contribution in [3.05, 3.63) is 168 Å². The SMILES string of the molecule is CC(C)CCC(C)N(C)C.CC(CCc1ccccc1)N(C)C.CCN(CC)CCCC(C)N(C)C.CN(C(Cc1ccccc1)c1ccccc1)P(c1ccccc1)c1ccccc1. The van der Waals surface area contributed by atoms with Gasteiger partial charge in [0, 0.05) is 32.2 Å². The minimum atomic E-state index is -0.638. The van der Waals surface area contributed by atoms with Crippen LogP contribution in [0.3, 0.4) is 0 Å². The zero-order valence-electron chi connectivity index (χ0n) is 43.6. The van der Waals surface area contributed by atoms with Crippen molar-refractivity contribution >= 4 is 18.7 Å². The van der Waals surface area contributed by atoms with Crippen LogP contribution < -0.4 is 10.6 Å². The smallest absolute Gasteiger partial charge is 0.0427 e. The van der Waals surface area contributed by atoms with Crippen LogP contribution in [0.25, 0.3) is 0 Å². The van der Waals surface area contributed by atoms with E-state index in [4.69, 9.17) is 0 Å². The lowest BCUT2D eigenvalue weighted by molar-refractivity contribution is 0.256. The molecule has 5 nitrogen and oxygen atoms in total. The lowest BCUT2D eigenvalue weighted by atomic mass is 9.99. The Morgan fingerprint density at radius 1 is 0.431 bits per heavy atom. The molecule has 0 aliphatic carbocycles. The van der Waals surface area contributed by atoms with Crippen molar-refractivity contribution in [3.63, 3.8) is 0 Å². The molecule has 5 aromatic rings. The highest BCUT2D eigenvalue weighted by molar-refractivity contribution is 7.70. The third-order valence-electron chi connectivity index (χ3n) is 12.7. The first-order valence-corrected chi connectivity index (χ1v) is 25.9. The van der Waals surface area contributed by atoms with Gasteiger partial charge in [-0.25, -0.2) is 0 Å². The fraction of sp³-hybridized carbons (Fsp3) is 0.492. The van der Waals surface area contributed by atoms with Gasteiger partial charge in [0.1, 0.15) is 0 Å². The molecule has 6 heteroatoms. The quantitative estimate of drug-likeness (QED) is 0.0642. The molecule has 0 bridgehead atoms. The van der Waals surface area contributed by atoms with E-state index in [0.717, 1.165) is 24.4 Å². The minimum absolute atomic E-state index is 0.296. The largest absolute Gasteiger partial charge is 0.307 e. The van der Waals surface area contributed by atoms with Crippen LogP contribution in [0.15, 0.2) is 152 Å². The highest BCUT2D eigenvalue weighted by Crippen LogP contribution is 2.44.